The van der Waals surface area contributed by atoms with Gasteiger partial charge in [-0.05, 0) is 48.5 Å². The summed E-state index contributed by atoms with van der Waals surface area (Å²) in [6, 6.07) is 6.13. The fraction of sp³-hybridized carbons (Fsp3) is 0.385. The molecule has 0 unspecified atom stereocenters. The average molecular weight is 357 g/mol. The molecule has 0 amide bonds. The lowest BCUT2D eigenvalue weighted by Crippen LogP contribution is -2.15. The molecule has 0 fully saturated rings. The van der Waals surface area contributed by atoms with Crippen LogP contribution in [0.1, 0.15) is 18.9 Å². The molecular weight excluding hydrogens is 340 g/mol. The van der Waals surface area contributed by atoms with E-state index in [1.165, 1.54) is 21.9 Å². The highest BCUT2D eigenvalue weighted by atomic mass is 79.9. The summed E-state index contributed by atoms with van der Waals surface area (Å²) >= 11 is 4.98. The monoisotopic (exact) mass is 356 g/mol. The molecule has 0 radical (unpaired) electrons. The number of hydrogen-bond acceptors (Lipinski definition) is 4. The van der Waals surface area contributed by atoms with Crippen molar-refractivity contribution in [3.05, 3.63) is 38.7 Å². The SMILES string of the molecule is CCCNCc1cc(Br)ccc1Sc1n[nH]c(=O)n1C. The first kappa shape index (κ1) is 15.3. The Labute approximate surface area is 130 Å². The number of rotatable bonds is 6. The minimum atomic E-state index is -0.199. The van der Waals surface area contributed by atoms with Gasteiger partial charge in [0.25, 0.3) is 0 Å². The normalized spacial score (nSPS) is 10.9. The van der Waals surface area contributed by atoms with Crippen LogP contribution in [0.3, 0.4) is 0 Å². The lowest BCUT2D eigenvalue weighted by Gasteiger charge is -2.10. The third-order valence-corrected chi connectivity index (χ3v) is 4.46. The van der Waals surface area contributed by atoms with E-state index in [0.29, 0.717) is 5.16 Å². The highest BCUT2D eigenvalue weighted by molar-refractivity contribution is 9.10. The minimum Gasteiger partial charge on any atom is -0.313 e. The molecule has 108 valence electrons. The van der Waals surface area contributed by atoms with Crippen LogP contribution in [0.25, 0.3) is 0 Å². The largest absolute Gasteiger partial charge is 0.343 e. The lowest BCUT2D eigenvalue weighted by atomic mass is 10.2. The van der Waals surface area contributed by atoms with Crippen LogP contribution in [0.4, 0.5) is 0 Å². The maximum atomic E-state index is 11.4. The Kier molecular flexibility index (Phi) is 5.45. The molecule has 1 aromatic heterocycles. The summed E-state index contributed by atoms with van der Waals surface area (Å²) in [5.74, 6) is 0. The Morgan fingerprint density at radius 1 is 1.50 bits per heavy atom. The molecule has 0 saturated heterocycles. The number of aromatic nitrogens is 3. The van der Waals surface area contributed by atoms with Gasteiger partial charge in [-0.2, -0.15) is 0 Å². The number of aromatic amines is 1. The van der Waals surface area contributed by atoms with Gasteiger partial charge in [0, 0.05) is 23.0 Å². The molecule has 0 bridgehead atoms. The van der Waals surface area contributed by atoms with Gasteiger partial charge in [-0.25, -0.2) is 9.89 Å². The molecule has 0 atom stereocenters. The van der Waals surface area contributed by atoms with Gasteiger partial charge < -0.3 is 5.32 Å². The summed E-state index contributed by atoms with van der Waals surface area (Å²) in [7, 11) is 1.71. The standard InChI is InChI=1S/C13H17BrN4OS/c1-3-6-15-8-9-7-10(14)4-5-11(9)20-13-17-16-12(19)18(13)2/h4-5,7,15H,3,6,8H2,1-2H3,(H,16,19). The Morgan fingerprint density at radius 2 is 2.30 bits per heavy atom. The average Bonchev–Trinajstić information content (AvgIpc) is 2.74. The van der Waals surface area contributed by atoms with E-state index in [9.17, 15) is 4.79 Å². The molecule has 1 aromatic carbocycles. The van der Waals surface area contributed by atoms with Gasteiger partial charge in [-0.15, -0.1) is 5.10 Å². The van der Waals surface area contributed by atoms with Crippen LogP contribution in [0.5, 0.6) is 0 Å². The van der Waals surface area contributed by atoms with E-state index >= 15 is 0 Å². The summed E-state index contributed by atoms with van der Waals surface area (Å²) in [5, 5.41) is 10.5. The smallest absolute Gasteiger partial charge is 0.313 e. The third-order valence-electron chi connectivity index (χ3n) is 2.80. The lowest BCUT2D eigenvalue weighted by molar-refractivity contribution is 0.668. The Hall–Kier alpha value is -1.05. The van der Waals surface area contributed by atoms with E-state index in [2.05, 4.69) is 44.4 Å². The first-order chi connectivity index (χ1) is 9.61. The molecule has 2 N–H and O–H groups in total. The number of halogens is 1. The number of hydrogen-bond donors (Lipinski definition) is 2. The predicted octanol–water partition coefficient (Wildman–Crippen LogP) is 2.52. The van der Waals surface area contributed by atoms with Crippen LogP contribution in [0.15, 0.2) is 37.5 Å². The summed E-state index contributed by atoms with van der Waals surface area (Å²) in [5.41, 5.74) is 0.989. The van der Waals surface area contributed by atoms with E-state index in [4.69, 9.17) is 0 Å². The molecule has 0 spiro atoms. The molecule has 20 heavy (non-hydrogen) atoms. The van der Waals surface area contributed by atoms with E-state index in [1.807, 2.05) is 12.1 Å². The highest BCUT2D eigenvalue weighted by Crippen LogP contribution is 2.30. The van der Waals surface area contributed by atoms with Gasteiger partial charge in [-0.1, -0.05) is 22.9 Å². The van der Waals surface area contributed by atoms with Crippen molar-refractivity contribution in [3.63, 3.8) is 0 Å². The fourth-order valence-corrected chi connectivity index (χ4v) is 3.02. The van der Waals surface area contributed by atoms with Crippen molar-refractivity contribution in [1.82, 2.24) is 20.1 Å². The Morgan fingerprint density at radius 3 is 2.95 bits per heavy atom. The van der Waals surface area contributed by atoms with E-state index < -0.39 is 0 Å². The van der Waals surface area contributed by atoms with Crippen LogP contribution in [-0.4, -0.2) is 21.3 Å². The molecule has 0 saturated carbocycles. The molecule has 2 aromatic rings. The topological polar surface area (TPSA) is 62.7 Å². The first-order valence-electron chi connectivity index (χ1n) is 6.40. The number of nitrogens with zero attached hydrogens (tertiary/aromatic N) is 2. The van der Waals surface area contributed by atoms with Crippen molar-refractivity contribution < 1.29 is 0 Å². The van der Waals surface area contributed by atoms with Gasteiger partial charge in [-0.3, -0.25) is 4.57 Å². The second kappa shape index (κ2) is 7.10. The maximum absolute atomic E-state index is 11.4. The first-order valence-corrected chi connectivity index (χ1v) is 8.01. The van der Waals surface area contributed by atoms with Gasteiger partial charge in [0.2, 0.25) is 0 Å². The minimum absolute atomic E-state index is 0.199. The quantitative estimate of drug-likeness (QED) is 0.780. The van der Waals surface area contributed by atoms with E-state index in [0.717, 1.165) is 28.9 Å². The van der Waals surface area contributed by atoms with Crippen molar-refractivity contribution in [3.8, 4) is 0 Å². The van der Waals surface area contributed by atoms with E-state index in [1.54, 1.807) is 7.05 Å². The van der Waals surface area contributed by atoms with Crippen LogP contribution in [0, 0.1) is 0 Å². The van der Waals surface area contributed by atoms with Crippen LogP contribution in [0.2, 0.25) is 0 Å². The van der Waals surface area contributed by atoms with Crippen LogP contribution < -0.4 is 11.0 Å². The molecule has 0 aliphatic rings. The summed E-state index contributed by atoms with van der Waals surface area (Å²) < 4.78 is 2.56. The number of benzene rings is 1. The Bertz CT molecular complexity index is 638. The molecule has 1 heterocycles. The van der Waals surface area contributed by atoms with Crippen molar-refractivity contribution in [2.75, 3.05) is 6.54 Å². The zero-order valence-electron chi connectivity index (χ0n) is 11.4. The number of nitrogens with one attached hydrogen (secondary N) is 2. The van der Waals surface area contributed by atoms with Crippen molar-refractivity contribution in [2.45, 2.75) is 29.9 Å². The predicted molar refractivity (Wildman–Crippen MR) is 84.1 cm³/mol. The summed E-state index contributed by atoms with van der Waals surface area (Å²) in [4.78, 5) is 12.5. The molecular formula is C13H17BrN4OS. The molecule has 0 aliphatic carbocycles. The van der Waals surface area contributed by atoms with Gasteiger partial charge >= 0.3 is 5.69 Å². The van der Waals surface area contributed by atoms with Crippen LogP contribution >= 0.6 is 27.7 Å². The highest BCUT2D eigenvalue weighted by Gasteiger charge is 2.10. The van der Waals surface area contributed by atoms with Gasteiger partial charge in [0.15, 0.2) is 5.16 Å². The van der Waals surface area contributed by atoms with Crippen LogP contribution in [-0.2, 0) is 13.6 Å². The second-order valence-electron chi connectivity index (χ2n) is 4.40. The van der Waals surface area contributed by atoms with Crippen molar-refractivity contribution in [1.29, 1.82) is 0 Å². The molecule has 5 nitrogen and oxygen atoms in total. The second-order valence-corrected chi connectivity index (χ2v) is 6.33. The van der Waals surface area contributed by atoms with Crippen molar-refractivity contribution in [2.24, 2.45) is 7.05 Å². The molecule has 2 rings (SSSR count). The number of H-pyrrole nitrogens is 1. The molecule has 0 aliphatic heterocycles. The summed E-state index contributed by atoms with van der Waals surface area (Å²) in [6.07, 6.45) is 1.10. The summed E-state index contributed by atoms with van der Waals surface area (Å²) in [6.45, 7) is 3.93. The zero-order valence-corrected chi connectivity index (χ0v) is 13.8. The zero-order chi connectivity index (χ0) is 14.5. The third kappa shape index (κ3) is 3.74. The fourth-order valence-electron chi connectivity index (χ4n) is 1.71. The van der Waals surface area contributed by atoms with E-state index in [-0.39, 0.29) is 5.69 Å². The Balaban J connectivity index is 2.22. The maximum Gasteiger partial charge on any atom is 0.343 e. The van der Waals surface area contributed by atoms with Crippen molar-refractivity contribution >= 4 is 27.7 Å². The van der Waals surface area contributed by atoms with Gasteiger partial charge in [0.05, 0.1) is 0 Å². The molecule has 7 heteroatoms. The van der Waals surface area contributed by atoms with Gasteiger partial charge in [0.1, 0.15) is 0 Å².